The Morgan fingerprint density at radius 3 is 2.68 bits per heavy atom. The van der Waals surface area contributed by atoms with Crippen molar-refractivity contribution >= 4 is 11.0 Å². The summed E-state index contributed by atoms with van der Waals surface area (Å²) < 4.78 is 2.25. The maximum atomic E-state index is 4.45. The molecule has 104 valence electrons. The summed E-state index contributed by atoms with van der Waals surface area (Å²) in [6.07, 6.45) is 4.36. The van der Waals surface area contributed by atoms with E-state index in [1.165, 1.54) is 18.4 Å². The second kappa shape index (κ2) is 5.74. The van der Waals surface area contributed by atoms with Crippen LogP contribution in [0.2, 0.25) is 0 Å². The van der Waals surface area contributed by atoms with Crippen molar-refractivity contribution in [3.05, 3.63) is 30.6 Å². The number of aromatic nitrogens is 2. The third-order valence-electron chi connectivity index (χ3n) is 3.60. The van der Waals surface area contributed by atoms with E-state index in [2.05, 4.69) is 53.8 Å². The molecule has 0 aliphatic heterocycles. The Morgan fingerprint density at radius 2 is 2.00 bits per heavy atom. The van der Waals surface area contributed by atoms with Crippen LogP contribution < -0.4 is 5.32 Å². The van der Waals surface area contributed by atoms with Gasteiger partial charge in [-0.15, -0.1) is 0 Å². The number of nitrogens with zero attached hydrogens (tertiary/aromatic N) is 2. The average Bonchev–Trinajstić information content (AvgIpc) is 2.77. The van der Waals surface area contributed by atoms with E-state index in [0.29, 0.717) is 11.5 Å². The first-order valence-electron chi connectivity index (χ1n) is 7.07. The molecule has 0 bridgehead atoms. The van der Waals surface area contributed by atoms with Crippen molar-refractivity contribution in [2.75, 3.05) is 7.05 Å². The van der Waals surface area contributed by atoms with Crippen LogP contribution in [0.25, 0.3) is 11.0 Å². The minimum absolute atomic E-state index is 0.395. The molecule has 1 heterocycles. The van der Waals surface area contributed by atoms with E-state index in [4.69, 9.17) is 0 Å². The lowest BCUT2D eigenvalue weighted by Crippen LogP contribution is -2.31. The summed E-state index contributed by atoms with van der Waals surface area (Å²) in [6, 6.07) is 8.81. The molecule has 1 aromatic heterocycles. The fourth-order valence-electron chi connectivity index (χ4n) is 2.33. The molecule has 0 amide bonds. The normalized spacial score (nSPS) is 13.9. The molecule has 0 saturated carbocycles. The molecule has 0 spiro atoms. The Labute approximate surface area is 116 Å². The molecule has 0 radical (unpaired) electrons. The Bertz CT molecular complexity index is 522. The number of hydrogen-bond donors (Lipinski definition) is 1. The molecule has 1 aromatic carbocycles. The van der Waals surface area contributed by atoms with Gasteiger partial charge in [-0.05, 0) is 37.4 Å². The molecule has 2 aromatic rings. The van der Waals surface area contributed by atoms with Gasteiger partial charge in [0.2, 0.25) is 0 Å². The van der Waals surface area contributed by atoms with Crippen molar-refractivity contribution < 1.29 is 0 Å². The predicted molar refractivity (Wildman–Crippen MR) is 81.3 cm³/mol. The van der Waals surface area contributed by atoms with Gasteiger partial charge in [0.05, 0.1) is 17.4 Å². The van der Waals surface area contributed by atoms with Crippen molar-refractivity contribution in [2.45, 2.75) is 46.2 Å². The number of fused-ring (bicyclic) bond motifs is 1. The highest BCUT2D eigenvalue weighted by Crippen LogP contribution is 2.22. The standard InChI is InChI=1S/C16H25N3/c1-16(2,3)10-9-13(17-4)11-19-12-18-14-7-5-6-8-15(14)19/h5-8,12-13,17H,9-11H2,1-4H3. The minimum atomic E-state index is 0.395. The van der Waals surface area contributed by atoms with Crippen LogP contribution in [0.15, 0.2) is 30.6 Å². The summed E-state index contributed by atoms with van der Waals surface area (Å²) in [6.45, 7) is 7.87. The van der Waals surface area contributed by atoms with Crippen LogP contribution in [-0.2, 0) is 6.54 Å². The zero-order valence-corrected chi connectivity index (χ0v) is 12.5. The first-order chi connectivity index (χ1) is 8.99. The third-order valence-corrected chi connectivity index (χ3v) is 3.60. The highest BCUT2D eigenvalue weighted by atomic mass is 15.1. The first kappa shape index (κ1) is 14.1. The zero-order chi connectivity index (χ0) is 13.9. The summed E-state index contributed by atoms with van der Waals surface area (Å²) in [5.74, 6) is 0. The second-order valence-electron chi connectivity index (χ2n) is 6.47. The molecule has 0 aliphatic carbocycles. The second-order valence-corrected chi connectivity index (χ2v) is 6.47. The smallest absolute Gasteiger partial charge is 0.0958 e. The first-order valence-corrected chi connectivity index (χ1v) is 7.07. The van der Waals surface area contributed by atoms with Gasteiger partial charge in [-0.1, -0.05) is 32.9 Å². The molecule has 0 saturated heterocycles. The van der Waals surface area contributed by atoms with E-state index >= 15 is 0 Å². The summed E-state index contributed by atoms with van der Waals surface area (Å²) in [5, 5.41) is 3.43. The van der Waals surface area contributed by atoms with E-state index in [0.717, 1.165) is 12.1 Å². The van der Waals surface area contributed by atoms with Crippen LogP contribution in [0.5, 0.6) is 0 Å². The van der Waals surface area contributed by atoms with Gasteiger partial charge in [-0.3, -0.25) is 0 Å². The van der Waals surface area contributed by atoms with Gasteiger partial charge in [0, 0.05) is 12.6 Å². The average molecular weight is 259 g/mol. The Morgan fingerprint density at radius 1 is 1.26 bits per heavy atom. The van der Waals surface area contributed by atoms with Crippen molar-refractivity contribution in [1.82, 2.24) is 14.9 Å². The van der Waals surface area contributed by atoms with Crippen LogP contribution >= 0.6 is 0 Å². The van der Waals surface area contributed by atoms with E-state index in [1.807, 2.05) is 19.4 Å². The fourth-order valence-corrected chi connectivity index (χ4v) is 2.33. The number of nitrogens with one attached hydrogen (secondary N) is 1. The van der Waals surface area contributed by atoms with Gasteiger partial charge >= 0.3 is 0 Å². The minimum Gasteiger partial charge on any atom is -0.329 e. The molecule has 19 heavy (non-hydrogen) atoms. The number of imidazole rings is 1. The maximum absolute atomic E-state index is 4.45. The lowest BCUT2D eigenvalue weighted by Gasteiger charge is -2.23. The number of rotatable bonds is 5. The third kappa shape index (κ3) is 3.80. The quantitative estimate of drug-likeness (QED) is 0.891. The molecule has 0 aliphatic rings. The molecular formula is C16H25N3. The molecule has 3 heteroatoms. The Kier molecular flexibility index (Phi) is 4.25. The highest BCUT2D eigenvalue weighted by molar-refractivity contribution is 5.74. The SMILES string of the molecule is CNC(CCC(C)(C)C)Cn1cnc2ccccc21. The van der Waals surface area contributed by atoms with Gasteiger partial charge < -0.3 is 9.88 Å². The van der Waals surface area contributed by atoms with Gasteiger partial charge in [0.15, 0.2) is 0 Å². The topological polar surface area (TPSA) is 29.9 Å². The summed E-state index contributed by atoms with van der Waals surface area (Å²) in [4.78, 5) is 4.45. The van der Waals surface area contributed by atoms with Gasteiger partial charge in [0.25, 0.3) is 0 Å². The Balaban J connectivity index is 2.06. The largest absolute Gasteiger partial charge is 0.329 e. The number of likely N-dealkylation sites (N-methyl/N-ethyl adjacent to an activating group) is 1. The van der Waals surface area contributed by atoms with Gasteiger partial charge in [0.1, 0.15) is 0 Å². The molecule has 1 unspecified atom stereocenters. The number of benzene rings is 1. The summed E-state index contributed by atoms with van der Waals surface area (Å²) >= 11 is 0. The molecule has 1 atom stereocenters. The Hall–Kier alpha value is -1.35. The lowest BCUT2D eigenvalue weighted by molar-refractivity contribution is 0.323. The molecular weight excluding hydrogens is 234 g/mol. The van der Waals surface area contributed by atoms with Crippen LogP contribution in [-0.4, -0.2) is 22.6 Å². The van der Waals surface area contributed by atoms with Crippen LogP contribution in [0.4, 0.5) is 0 Å². The van der Waals surface area contributed by atoms with Crippen LogP contribution in [0.1, 0.15) is 33.6 Å². The number of para-hydroxylation sites is 2. The van der Waals surface area contributed by atoms with Crippen molar-refractivity contribution in [3.8, 4) is 0 Å². The van der Waals surface area contributed by atoms with E-state index in [-0.39, 0.29) is 0 Å². The van der Waals surface area contributed by atoms with Crippen molar-refractivity contribution in [2.24, 2.45) is 5.41 Å². The lowest BCUT2D eigenvalue weighted by atomic mass is 9.88. The molecule has 0 fully saturated rings. The van der Waals surface area contributed by atoms with E-state index in [1.54, 1.807) is 0 Å². The van der Waals surface area contributed by atoms with Crippen LogP contribution in [0, 0.1) is 5.41 Å². The van der Waals surface area contributed by atoms with Gasteiger partial charge in [-0.25, -0.2) is 4.98 Å². The molecule has 2 rings (SSSR count). The molecule has 3 nitrogen and oxygen atoms in total. The zero-order valence-electron chi connectivity index (χ0n) is 12.5. The number of hydrogen-bond acceptors (Lipinski definition) is 2. The highest BCUT2D eigenvalue weighted by Gasteiger charge is 2.15. The maximum Gasteiger partial charge on any atom is 0.0958 e. The fraction of sp³-hybridized carbons (Fsp3) is 0.562. The van der Waals surface area contributed by atoms with E-state index in [9.17, 15) is 0 Å². The summed E-state index contributed by atoms with van der Waals surface area (Å²) in [5.41, 5.74) is 2.69. The monoisotopic (exact) mass is 259 g/mol. The van der Waals surface area contributed by atoms with E-state index < -0.39 is 0 Å². The van der Waals surface area contributed by atoms with Crippen molar-refractivity contribution in [1.29, 1.82) is 0 Å². The summed E-state index contributed by atoms with van der Waals surface area (Å²) in [7, 11) is 2.05. The van der Waals surface area contributed by atoms with Crippen LogP contribution in [0.3, 0.4) is 0 Å². The predicted octanol–water partition coefficient (Wildman–Crippen LogP) is 3.45. The van der Waals surface area contributed by atoms with Gasteiger partial charge in [-0.2, -0.15) is 0 Å². The molecule has 1 N–H and O–H groups in total. The van der Waals surface area contributed by atoms with Crippen molar-refractivity contribution in [3.63, 3.8) is 0 Å².